The highest BCUT2D eigenvalue weighted by Crippen LogP contribution is 2.45. The van der Waals surface area contributed by atoms with E-state index in [-0.39, 0.29) is 46.4 Å². The second-order valence-electron chi connectivity index (χ2n) is 20.6. The van der Waals surface area contributed by atoms with E-state index in [0.717, 1.165) is 29.5 Å². The first-order valence-corrected chi connectivity index (χ1v) is 24.8. The van der Waals surface area contributed by atoms with Crippen LogP contribution in [0, 0.1) is 5.41 Å². The normalized spacial score (nSPS) is 14.8. The van der Waals surface area contributed by atoms with Gasteiger partial charge in [0.1, 0.15) is 18.2 Å². The van der Waals surface area contributed by atoms with E-state index in [1.54, 1.807) is 51.1 Å². The van der Waals surface area contributed by atoms with Crippen LogP contribution in [-0.4, -0.2) is 72.3 Å². The number of carbonyl (C=O) groups excluding carboxylic acids is 5. The van der Waals surface area contributed by atoms with Crippen molar-refractivity contribution in [1.82, 2.24) is 16.0 Å². The third kappa shape index (κ3) is 14.8. The van der Waals surface area contributed by atoms with Gasteiger partial charge in [-0.1, -0.05) is 103 Å². The summed E-state index contributed by atoms with van der Waals surface area (Å²) < 4.78 is 17.8. The highest BCUT2D eigenvalue weighted by atomic mass is 35.5. The van der Waals surface area contributed by atoms with Gasteiger partial charge in [0.15, 0.2) is 0 Å². The molecule has 1 saturated carbocycles. The molecule has 0 aromatic heterocycles. The Morgan fingerprint density at radius 3 is 1.99 bits per heavy atom. The van der Waals surface area contributed by atoms with Crippen molar-refractivity contribution in [2.45, 2.75) is 141 Å². The fourth-order valence-electron chi connectivity index (χ4n) is 9.12. The number of amides is 4. The Bertz CT molecular complexity index is 2390. The van der Waals surface area contributed by atoms with Gasteiger partial charge in [-0.05, 0) is 145 Å². The van der Waals surface area contributed by atoms with Crippen LogP contribution in [0.3, 0.4) is 0 Å². The van der Waals surface area contributed by atoms with Gasteiger partial charge < -0.3 is 35.5 Å². The van der Waals surface area contributed by atoms with Crippen molar-refractivity contribution >= 4 is 58.7 Å². The van der Waals surface area contributed by atoms with Gasteiger partial charge in [-0.15, -0.1) is 0 Å². The lowest BCUT2D eigenvalue weighted by molar-refractivity contribution is -0.159. The Morgan fingerprint density at radius 2 is 1.38 bits per heavy atom. The molecule has 0 bridgehead atoms. The topological polar surface area (TPSA) is 161 Å². The molecule has 6 rings (SSSR count). The molecule has 0 aliphatic heterocycles. The van der Waals surface area contributed by atoms with Gasteiger partial charge >= 0.3 is 12.1 Å². The number of benzene rings is 4. The van der Waals surface area contributed by atoms with Crippen LogP contribution >= 0.6 is 23.2 Å². The summed E-state index contributed by atoms with van der Waals surface area (Å²) in [4.78, 5) is 66.8. The van der Waals surface area contributed by atoms with Gasteiger partial charge in [0.2, 0.25) is 11.8 Å². The quantitative estimate of drug-likeness (QED) is 0.0600. The minimum absolute atomic E-state index is 0.0266. The number of esters is 1. The zero-order valence-electron chi connectivity index (χ0n) is 41.0. The second kappa shape index (κ2) is 23.0. The Kier molecular flexibility index (Phi) is 17.6. The summed E-state index contributed by atoms with van der Waals surface area (Å²) >= 11 is 12.4. The maximum Gasteiger partial charge on any atom is 0.407 e. The van der Waals surface area contributed by atoms with E-state index >= 15 is 0 Å². The molecule has 4 amide bonds. The predicted molar refractivity (Wildman–Crippen MR) is 272 cm³/mol. The van der Waals surface area contributed by atoms with Crippen molar-refractivity contribution in [3.8, 4) is 11.1 Å². The van der Waals surface area contributed by atoms with Gasteiger partial charge in [-0.3, -0.25) is 14.4 Å². The Morgan fingerprint density at radius 1 is 0.768 bits per heavy atom. The molecule has 2 aliphatic rings. The molecule has 0 unspecified atom stereocenters. The Labute approximate surface area is 417 Å². The minimum atomic E-state index is -0.901. The SMILES string of the molecule is CC(C)(CCOC(C)(C)CCC(=O)NCCC1(C(=O)N[C@@H](CCc2ccc(NC(=O)c3c(Cl)cccc3Cl)cc2)C(=O)OC(C)(C)C)CCCC1)NC(=O)OCC1c2ccccc2-c2ccccc21. The summed E-state index contributed by atoms with van der Waals surface area (Å²) in [7, 11) is 0. The molecule has 370 valence electrons. The second-order valence-corrected chi connectivity index (χ2v) is 21.4. The molecule has 14 heteroatoms. The number of hydrogen-bond donors (Lipinski definition) is 4. The number of carbonyl (C=O) groups is 5. The van der Waals surface area contributed by atoms with Gasteiger partial charge in [-0.25, -0.2) is 9.59 Å². The molecule has 4 aromatic rings. The fraction of sp³-hybridized carbons (Fsp3) is 0.473. The van der Waals surface area contributed by atoms with E-state index in [0.29, 0.717) is 63.8 Å². The number of hydrogen-bond acceptors (Lipinski definition) is 8. The smallest absolute Gasteiger partial charge is 0.407 e. The minimum Gasteiger partial charge on any atom is -0.458 e. The lowest BCUT2D eigenvalue weighted by Gasteiger charge is -2.31. The summed E-state index contributed by atoms with van der Waals surface area (Å²) in [5.41, 5.74) is 3.57. The molecule has 0 radical (unpaired) electrons. The van der Waals surface area contributed by atoms with Crippen LogP contribution in [0.25, 0.3) is 11.1 Å². The molecule has 69 heavy (non-hydrogen) atoms. The zero-order chi connectivity index (χ0) is 50.0. The lowest BCUT2D eigenvalue weighted by Crippen LogP contribution is -2.50. The molecule has 4 aromatic carbocycles. The Balaban J connectivity index is 0.933. The third-order valence-corrected chi connectivity index (χ3v) is 13.7. The highest BCUT2D eigenvalue weighted by Gasteiger charge is 2.42. The van der Waals surface area contributed by atoms with Gasteiger partial charge in [-0.2, -0.15) is 0 Å². The van der Waals surface area contributed by atoms with Crippen molar-refractivity contribution < 1.29 is 38.2 Å². The van der Waals surface area contributed by atoms with Crippen LogP contribution in [-0.2, 0) is 35.0 Å². The van der Waals surface area contributed by atoms with E-state index in [4.69, 9.17) is 37.4 Å². The van der Waals surface area contributed by atoms with Crippen LogP contribution < -0.4 is 21.3 Å². The molecule has 0 spiro atoms. The lowest BCUT2D eigenvalue weighted by atomic mass is 9.81. The highest BCUT2D eigenvalue weighted by molar-refractivity contribution is 6.40. The van der Waals surface area contributed by atoms with Crippen LogP contribution in [0.1, 0.15) is 139 Å². The summed E-state index contributed by atoms with van der Waals surface area (Å²) in [6.45, 7) is 14.0. The van der Waals surface area contributed by atoms with E-state index in [9.17, 15) is 24.0 Å². The molecule has 2 aliphatic carbocycles. The number of aryl methyl sites for hydroxylation is 1. The van der Waals surface area contributed by atoms with Gasteiger partial charge in [0, 0.05) is 36.7 Å². The number of rotatable bonds is 21. The van der Waals surface area contributed by atoms with E-state index in [2.05, 4.69) is 45.5 Å². The molecule has 0 saturated heterocycles. The first-order valence-electron chi connectivity index (χ1n) is 24.1. The molecule has 4 N–H and O–H groups in total. The molecular formula is C55H68Cl2N4O8. The fourth-order valence-corrected chi connectivity index (χ4v) is 9.69. The molecule has 1 atom stereocenters. The third-order valence-electron chi connectivity index (χ3n) is 13.0. The monoisotopic (exact) mass is 982 g/mol. The first kappa shape index (κ1) is 52.9. The number of alkyl carbamates (subject to hydrolysis) is 1. The number of anilines is 1. The van der Waals surface area contributed by atoms with Crippen LogP contribution in [0.2, 0.25) is 10.0 Å². The largest absolute Gasteiger partial charge is 0.458 e. The van der Waals surface area contributed by atoms with Crippen LogP contribution in [0.4, 0.5) is 10.5 Å². The van der Waals surface area contributed by atoms with Crippen molar-refractivity contribution in [3.63, 3.8) is 0 Å². The van der Waals surface area contributed by atoms with Gasteiger partial charge in [0.05, 0.1) is 26.6 Å². The average Bonchev–Trinajstić information content (AvgIpc) is 3.89. The standard InChI is InChI=1S/C55H68Cl2N4O8/c1-52(2,3)69-49(64)45(26-23-36-21-24-37(25-22-36)59-48(63)47-43(56)19-14-20-44(47)57)60-50(65)55(28-12-13-29-55)31-33-58-46(62)27-30-54(6,7)68-34-32-53(4,5)61-51(66)67-35-42-40-17-10-8-15-38(40)39-16-9-11-18-41(39)42/h8-11,14-22,24-25,42,45H,12-13,23,26-35H2,1-7H3,(H,58,62)(H,59,63)(H,60,65)(H,61,66)/t45-/m0/s1. The maximum absolute atomic E-state index is 14.2. The molecule has 1 fully saturated rings. The van der Waals surface area contributed by atoms with Crippen molar-refractivity contribution in [3.05, 3.63) is 123 Å². The number of halogens is 2. The number of nitrogens with one attached hydrogen (secondary N) is 4. The van der Waals surface area contributed by atoms with E-state index in [1.165, 1.54) is 11.1 Å². The van der Waals surface area contributed by atoms with Gasteiger partial charge in [0.25, 0.3) is 5.91 Å². The first-order chi connectivity index (χ1) is 32.6. The van der Waals surface area contributed by atoms with Crippen molar-refractivity contribution in [2.75, 3.05) is 25.1 Å². The number of ether oxygens (including phenoxy) is 3. The van der Waals surface area contributed by atoms with Crippen molar-refractivity contribution in [2.24, 2.45) is 5.41 Å². The van der Waals surface area contributed by atoms with Crippen LogP contribution in [0.15, 0.2) is 91.0 Å². The summed E-state index contributed by atoms with van der Waals surface area (Å²) in [5.74, 6) is -1.33. The van der Waals surface area contributed by atoms with Crippen molar-refractivity contribution in [1.29, 1.82) is 0 Å². The molecule has 0 heterocycles. The summed E-state index contributed by atoms with van der Waals surface area (Å²) in [6, 6.07) is 27.6. The number of fused-ring (bicyclic) bond motifs is 3. The zero-order valence-corrected chi connectivity index (χ0v) is 42.5. The van der Waals surface area contributed by atoms with E-state index in [1.807, 2.05) is 64.1 Å². The van der Waals surface area contributed by atoms with E-state index < -0.39 is 46.2 Å². The summed E-state index contributed by atoms with van der Waals surface area (Å²) in [6.07, 6.45) is 4.96. The average molecular weight is 984 g/mol. The maximum atomic E-state index is 14.2. The predicted octanol–water partition coefficient (Wildman–Crippen LogP) is 11.4. The van der Waals surface area contributed by atoms with Crippen LogP contribution in [0.5, 0.6) is 0 Å². The Hall–Kier alpha value is -5.43. The molecular weight excluding hydrogens is 916 g/mol. The summed E-state index contributed by atoms with van der Waals surface area (Å²) in [5, 5.41) is 12.4. The molecule has 12 nitrogen and oxygen atoms in total.